The molecule has 1 aliphatic rings. The lowest BCUT2D eigenvalue weighted by molar-refractivity contribution is -0.140. The van der Waals surface area contributed by atoms with Crippen molar-refractivity contribution < 1.29 is 17.9 Å². The van der Waals surface area contributed by atoms with Crippen molar-refractivity contribution in [1.29, 1.82) is 0 Å². The molecule has 5 nitrogen and oxygen atoms in total. The summed E-state index contributed by atoms with van der Waals surface area (Å²) in [6.07, 6.45) is 6.39. The largest absolute Gasteiger partial charge is 0.469 e. The van der Waals surface area contributed by atoms with Gasteiger partial charge < -0.3 is 4.74 Å². The van der Waals surface area contributed by atoms with Crippen LogP contribution in [0.5, 0.6) is 0 Å². The van der Waals surface area contributed by atoms with Crippen LogP contribution in [0.15, 0.2) is 0 Å². The first-order chi connectivity index (χ1) is 8.53. The van der Waals surface area contributed by atoms with Crippen molar-refractivity contribution in [3.8, 4) is 0 Å². The van der Waals surface area contributed by atoms with Crippen LogP contribution in [0.25, 0.3) is 0 Å². The number of methoxy groups -OCH3 is 1. The van der Waals surface area contributed by atoms with E-state index in [0.717, 1.165) is 6.42 Å². The Morgan fingerprint density at radius 1 is 1.33 bits per heavy atom. The zero-order valence-corrected chi connectivity index (χ0v) is 11.8. The first kappa shape index (κ1) is 15.4. The maximum atomic E-state index is 11.6. The number of rotatable bonds is 8. The molecule has 0 saturated heterocycles. The molecule has 0 bridgehead atoms. The molecule has 0 radical (unpaired) electrons. The molecule has 0 atom stereocenters. The normalized spacial score (nSPS) is 16.9. The third-order valence-electron chi connectivity index (χ3n) is 3.37. The Balaban J connectivity index is 2.12. The van der Waals surface area contributed by atoms with Crippen LogP contribution in [0.4, 0.5) is 0 Å². The molecule has 0 aromatic carbocycles. The standard InChI is InChI=1S/C12H23NO4S/c1-17-12(14)7-4-10-18(15,16)13-9-8-11-5-2-3-6-11/h11,13H,2-10H2,1H3. The van der Waals surface area contributed by atoms with Gasteiger partial charge in [-0.3, -0.25) is 4.79 Å². The van der Waals surface area contributed by atoms with Gasteiger partial charge in [-0.1, -0.05) is 25.7 Å². The SMILES string of the molecule is COC(=O)CCCS(=O)(=O)NCCC1CCCC1. The fourth-order valence-corrected chi connectivity index (χ4v) is 3.40. The summed E-state index contributed by atoms with van der Waals surface area (Å²) in [5.74, 6) is 0.311. The predicted octanol–water partition coefficient (Wildman–Crippen LogP) is 1.44. The second-order valence-electron chi connectivity index (χ2n) is 4.83. The summed E-state index contributed by atoms with van der Waals surface area (Å²) in [7, 11) is -1.93. The highest BCUT2D eigenvalue weighted by molar-refractivity contribution is 7.89. The Labute approximate surface area is 109 Å². The van der Waals surface area contributed by atoms with Gasteiger partial charge >= 0.3 is 5.97 Å². The van der Waals surface area contributed by atoms with Crippen molar-refractivity contribution in [2.45, 2.75) is 44.9 Å². The number of sulfonamides is 1. The number of carbonyl (C=O) groups excluding carboxylic acids is 1. The highest BCUT2D eigenvalue weighted by Crippen LogP contribution is 2.26. The van der Waals surface area contributed by atoms with Crippen LogP contribution in [0.2, 0.25) is 0 Å². The molecule has 1 aliphatic carbocycles. The summed E-state index contributed by atoms with van der Waals surface area (Å²) in [6, 6.07) is 0. The summed E-state index contributed by atoms with van der Waals surface area (Å²) in [4.78, 5) is 10.8. The maximum absolute atomic E-state index is 11.6. The van der Waals surface area contributed by atoms with Crippen LogP contribution < -0.4 is 4.72 Å². The van der Waals surface area contributed by atoms with Gasteiger partial charge in [-0.15, -0.1) is 0 Å². The van der Waals surface area contributed by atoms with Crippen LogP contribution in [0.1, 0.15) is 44.9 Å². The number of esters is 1. The van der Waals surface area contributed by atoms with E-state index in [0.29, 0.717) is 18.9 Å². The van der Waals surface area contributed by atoms with E-state index in [9.17, 15) is 13.2 Å². The van der Waals surface area contributed by atoms with Gasteiger partial charge in [0, 0.05) is 13.0 Å². The van der Waals surface area contributed by atoms with E-state index in [1.165, 1.54) is 32.8 Å². The topological polar surface area (TPSA) is 72.5 Å². The minimum atomic E-state index is -3.23. The average molecular weight is 277 g/mol. The minimum Gasteiger partial charge on any atom is -0.469 e. The Bertz CT molecular complexity index is 347. The first-order valence-electron chi connectivity index (χ1n) is 6.57. The van der Waals surface area contributed by atoms with Gasteiger partial charge in [-0.25, -0.2) is 13.1 Å². The Hall–Kier alpha value is -0.620. The van der Waals surface area contributed by atoms with Gasteiger partial charge in [0.1, 0.15) is 0 Å². The van der Waals surface area contributed by atoms with Crippen LogP contribution >= 0.6 is 0 Å². The van der Waals surface area contributed by atoms with Crippen molar-refractivity contribution in [2.75, 3.05) is 19.4 Å². The van der Waals surface area contributed by atoms with E-state index in [1.807, 2.05) is 0 Å². The molecule has 1 fully saturated rings. The first-order valence-corrected chi connectivity index (χ1v) is 8.23. The van der Waals surface area contributed by atoms with Crippen molar-refractivity contribution in [2.24, 2.45) is 5.92 Å². The summed E-state index contributed by atoms with van der Waals surface area (Å²) >= 11 is 0. The molecular formula is C12H23NO4S. The molecule has 1 rings (SSSR count). The molecule has 0 aromatic rings. The summed E-state index contributed by atoms with van der Waals surface area (Å²) in [5, 5.41) is 0. The number of hydrogen-bond donors (Lipinski definition) is 1. The smallest absolute Gasteiger partial charge is 0.305 e. The average Bonchev–Trinajstić information content (AvgIpc) is 2.81. The molecule has 6 heteroatoms. The van der Waals surface area contributed by atoms with Crippen molar-refractivity contribution in [1.82, 2.24) is 4.72 Å². The van der Waals surface area contributed by atoms with Gasteiger partial charge in [0.05, 0.1) is 12.9 Å². The lowest BCUT2D eigenvalue weighted by Crippen LogP contribution is -2.28. The predicted molar refractivity (Wildman–Crippen MR) is 69.6 cm³/mol. The monoisotopic (exact) mass is 277 g/mol. The molecule has 0 aromatic heterocycles. The van der Waals surface area contributed by atoms with Crippen LogP contribution in [-0.2, 0) is 19.6 Å². The van der Waals surface area contributed by atoms with Crippen LogP contribution in [0, 0.1) is 5.92 Å². The lowest BCUT2D eigenvalue weighted by Gasteiger charge is -2.10. The molecule has 0 amide bonds. The summed E-state index contributed by atoms with van der Waals surface area (Å²) in [6.45, 7) is 0.519. The van der Waals surface area contributed by atoms with Crippen LogP contribution in [-0.4, -0.2) is 33.8 Å². The molecule has 18 heavy (non-hydrogen) atoms. The molecule has 106 valence electrons. The van der Waals surface area contributed by atoms with Crippen molar-refractivity contribution in [3.63, 3.8) is 0 Å². The highest BCUT2D eigenvalue weighted by atomic mass is 32.2. The molecule has 0 aliphatic heterocycles. The van der Waals surface area contributed by atoms with E-state index in [1.54, 1.807) is 0 Å². The minimum absolute atomic E-state index is 0.00718. The van der Waals surface area contributed by atoms with Gasteiger partial charge in [0.25, 0.3) is 0 Å². The quantitative estimate of drug-likeness (QED) is 0.681. The van der Waals surface area contributed by atoms with E-state index in [4.69, 9.17) is 0 Å². The zero-order valence-electron chi connectivity index (χ0n) is 11.0. The fourth-order valence-electron chi connectivity index (χ4n) is 2.30. The van der Waals surface area contributed by atoms with Gasteiger partial charge in [0.2, 0.25) is 10.0 Å². The summed E-state index contributed by atoms with van der Waals surface area (Å²) < 4.78 is 30.3. The molecule has 1 N–H and O–H groups in total. The van der Waals surface area contributed by atoms with E-state index < -0.39 is 10.0 Å². The molecular weight excluding hydrogens is 254 g/mol. The lowest BCUT2D eigenvalue weighted by atomic mass is 10.1. The Kier molecular flexibility index (Phi) is 6.63. The fraction of sp³-hybridized carbons (Fsp3) is 0.917. The maximum Gasteiger partial charge on any atom is 0.305 e. The van der Waals surface area contributed by atoms with E-state index in [2.05, 4.69) is 9.46 Å². The second-order valence-corrected chi connectivity index (χ2v) is 6.76. The van der Waals surface area contributed by atoms with Crippen molar-refractivity contribution in [3.05, 3.63) is 0 Å². The van der Waals surface area contributed by atoms with Crippen LogP contribution in [0.3, 0.4) is 0 Å². The number of ether oxygens (including phenoxy) is 1. The number of hydrogen-bond acceptors (Lipinski definition) is 4. The number of nitrogens with one attached hydrogen (secondary N) is 1. The summed E-state index contributed by atoms with van der Waals surface area (Å²) in [5.41, 5.74) is 0. The molecule has 1 saturated carbocycles. The van der Waals surface area contributed by atoms with E-state index in [-0.39, 0.29) is 18.1 Å². The van der Waals surface area contributed by atoms with Crippen molar-refractivity contribution >= 4 is 16.0 Å². The third-order valence-corrected chi connectivity index (χ3v) is 4.84. The highest BCUT2D eigenvalue weighted by Gasteiger charge is 2.16. The molecule has 0 spiro atoms. The Morgan fingerprint density at radius 3 is 2.61 bits per heavy atom. The molecule has 0 heterocycles. The van der Waals surface area contributed by atoms with E-state index >= 15 is 0 Å². The van der Waals surface area contributed by atoms with Gasteiger partial charge in [-0.2, -0.15) is 0 Å². The third kappa shape index (κ3) is 6.35. The second kappa shape index (κ2) is 7.74. The van der Waals surface area contributed by atoms with Gasteiger partial charge in [-0.05, 0) is 18.8 Å². The van der Waals surface area contributed by atoms with Gasteiger partial charge in [0.15, 0.2) is 0 Å². The Morgan fingerprint density at radius 2 is 2.00 bits per heavy atom. The zero-order chi connectivity index (χ0) is 13.4. The molecule has 0 unspecified atom stereocenters. The number of carbonyl (C=O) groups is 1.